The monoisotopic (exact) mass is 290 g/mol. The van der Waals surface area contributed by atoms with E-state index >= 15 is 0 Å². The van der Waals surface area contributed by atoms with Crippen molar-refractivity contribution in [1.82, 2.24) is 10.6 Å². The minimum Gasteiger partial charge on any atom is -0.337 e. The summed E-state index contributed by atoms with van der Waals surface area (Å²) in [5.41, 5.74) is 0. The minimum atomic E-state index is 0.0162. The number of benzene rings is 1. The molecule has 0 aromatic heterocycles. The highest BCUT2D eigenvalue weighted by molar-refractivity contribution is 7.99. The Bertz CT molecular complexity index is 431. The van der Waals surface area contributed by atoms with Crippen molar-refractivity contribution < 1.29 is 4.79 Å². The summed E-state index contributed by atoms with van der Waals surface area (Å²) < 4.78 is 0. The molecule has 3 rings (SSSR count). The molecule has 0 atom stereocenters. The smallest absolute Gasteiger partial charge is 0.315 e. The van der Waals surface area contributed by atoms with Crippen LogP contribution < -0.4 is 10.6 Å². The van der Waals surface area contributed by atoms with E-state index in [1.807, 2.05) is 18.2 Å². The molecule has 0 radical (unpaired) electrons. The number of hydrogen-bond acceptors (Lipinski definition) is 2. The molecule has 0 bridgehead atoms. The fraction of sp³-hybridized carbons (Fsp3) is 0.562. The van der Waals surface area contributed by atoms with E-state index < -0.39 is 0 Å². The van der Waals surface area contributed by atoms with Crippen LogP contribution in [0.1, 0.15) is 25.7 Å². The van der Waals surface area contributed by atoms with Crippen molar-refractivity contribution in [2.45, 2.75) is 36.6 Å². The zero-order chi connectivity index (χ0) is 13.8. The van der Waals surface area contributed by atoms with E-state index in [0.717, 1.165) is 17.6 Å². The molecule has 0 unspecified atom stereocenters. The first kappa shape index (κ1) is 13.8. The summed E-state index contributed by atoms with van der Waals surface area (Å²) in [4.78, 5) is 13.2. The molecule has 0 heterocycles. The van der Waals surface area contributed by atoms with Gasteiger partial charge in [-0.15, -0.1) is 11.8 Å². The Morgan fingerprint density at radius 2 is 1.80 bits per heavy atom. The molecule has 2 fully saturated rings. The summed E-state index contributed by atoms with van der Waals surface area (Å²) in [6, 6.07) is 10.8. The van der Waals surface area contributed by atoms with Crippen LogP contribution in [0.4, 0.5) is 4.79 Å². The third kappa shape index (κ3) is 4.17. The Hall–Kier alpha value is -1.16. The van der Waals surface area contributed by atoms with Gasteiger partial charge in [0, 0.05) is 23.2 Å². The number of carbonyl (C=O) groups is 1. The summed E-state index contributed by atoms with van der Waals surface area (Å²) in [7, 11) is 0. The van der Waals surface area contributed by atoms with Crippen LogP contribution in [0.2, 0.25) is 0 Å². The van der Waals surface area contributed by atoms with E-state index in [1.165, 1.54) is 30.6 Å². The van der Waals surface area contributed by atoms with Gasteiger partial charge < -0.3 is 10.6 Å². The molecule has 1 aromatic carbocycles. The van der Waals surface area contributed by atoms with Crippen LogP contribution in [-0.2, 0) is 0 Å². The van der Waals surface area contributed by atoms with Crippen LogP contribution in [0, 0.1) is 11.8 Å². The van der Waals surface area contributed by atoms with Crippen LogP contribution in [0.25, 0.3) is 0 Å². The second kappa shape index (κ2) is 6.53. The molecule has 2 aliphatic rings. The lowest BCUT2D eigenvalue weighted by Gasteiger charge is -2.18. The molecule has 4 heteroatoms. The van der Waals surface area contributed by atoms with Crippen LogP contribution in [-0.4, -0.2) is 24.4 Å². The molecular weight excluding hydrogens is 268 g/mol. The van der Waals surface area contributed by atoms with Gasteiger partial charge in [0.1, 0.15) is 0 Å². The average molecular weight is 290 g/mol. The number of hydrogen-bond donors (Lipinski definition) is 2. The number of carbonyl (C=O) groups excluding carboxylic acids is 1. The molecule has 0 spiro atoms. The maximum atomic E-state index is 11.9. The highest BCUT2D eigenvalue weighted by Gasteiger charge is 2.42. The molecule has 3 nitrogen and oxygen atoms in total. The van der Waals surface area contributed by atoms with Crippen molar-refractivity contribution in [3.63, 3.8) is 0 Å². The first-order valence-corrected chi connectivity index (χ1v) is 8.54. The van der Waals surface area contributed by atoms with Gasteiger partial charge in [-0.1, -0.05) is 18.2 Å². The lowest BCUT2D eigenvalue weighted by atomic mass is 10.1. The van der Waals surface area contributed by atoms with Crippen molar-refractivity contribution in [2.75, 3.05) is 12.3 Å². The number of nitrogens with one attached hydrogen (secondary N) is 2. The zero-order valence-corrected chi connectivity index (χ0v) is 12.5. The lowest BCUT2D eigenvalue weighted by Crippen LogP contribution is -2.44. The van der Waals surface area contributed by atoms with Gasteiger partial charge in [0.15, 0.2) is 0 Å². The largest absolute Gasteiger partial charge is 0.337 e. The topological polar surface area (TPSA) is 41.1 Å². The van der Waals surface area contributed by atoms with Gasteiger partial charge in [-0.2, -0.15) is 0 Å². The van der Waals surface area contributed by atoms with Crippen LogP contribution in [0.15, 0.2) is 35.2 Å². The van der Waals surface area contributed by atoms with Crippen molar-refractivity contribution in [2.24, 2.45) is 11.8 Å². The fourth-order valence-corrected chi connectivity index (χ4v) is 3.37. The van der Waals surface area contributed by atoms with Gasteiger partial charge in [-0.05, 0) is 49.7 Å². The molecule has 0 aliphatic heterocycles. The summed E-state index contributed by atoms with van der Waals surface area (Å²) in [6.45, 7) is 0.716. The van der Waals surface area contributed by atoms with E-state index in [9.17, 15) is 4.79 Å². The Kier molecular flexibility index (Phi) is 4.51. The SMILES string of the molecule is O=C(NCCSc1ccccc1)NC(C1CC1)C1CC1. The maximum absolute atomic E-state index is 11.9. The molecule has 2 amide bonds. The van der Waals surface area contributed by atoms with Gasteiger partial charge in [-0.3, -0.25) is 0 Å². The van der Waals surface area contributed by atoms with Gasteiger partial charge in [0.25, 0.3) is 0 Å². The molecule has 0 saturated heterocycles. The van der Waals surface area contributed by atoms with Gasteiger partial charge in [0.2, 0.25) is 0 Å². The minimum absolute atomic E-state index is 0.0162. The molecular formula is C16H22N2OS. The molecule has 20 heavy (non-hydrogen) atoms. The molecule has 2 aliphatic carbocycles. The normalized spacial score (nSPS) is 18.1. The van der Waals surface area contributed by atoms with E-state index in [2.05, 4.69) is 22.8 Å². The molecule has 2 N–H and O–H groups in total. The predicted octanol–water partition coefficient (Wildman–Crippen LogP) is 3.27. The summed E-state index contributed by atoms with van der Waals surface area (Å²) in [6.07, 6.45) is 5.19. The number of urea groups is 1. The third-order valence-corrected chi connectivity index (χ3v) is 4.97. The van der Waals surface area contributed by atoms with Crippen LogP contribution >= 0.6 is 11.8 Å². The molecule has 2 saturated carbocycles. The van der Waals surface area contributed by atoms with Gasteiger partial charge in [0.05, 0.1) is 0 Å². The zero-order valence-electron chi connectivity index (χ0n) is 11.7. The van der Waals surface area contributed by atoms with E-state index in [1.54, 1.807) is 11.8 Å². The molecule has 108 valence electrons. The Balaban J connectivity index is 1.32. The van der Waals surface area contributed by atoms with Crippen molar-refractivity contribution in [3.8, 4) is 0 Å². The summed E-state index contributed by atoms with van der Waals surface area (Å²) >= 11 is 1.78. The Morgan fingerprint density at radius 1 is 1.15 bits per heavy atom. The first-order valence-electron chi connectivity index (χ1n) is 7.55. The van der Waals surface area contributed by atoms with Crippen molar-refractivity contribution in [1.29, 1.82) is 0 Å². The fourth-order valence-electron chi connectivity index (χ4n) is 2.58. The van der Waals surface area contributed by atoms with Crippen molar-refractivity contribution >= 4 is 17.8 Å². The van der Waals surface area contributed by atoms with Crippen LogP contribution in [0.5, 0.6) is 0 Å². The van der Waals surface area contributed by atoms with Crippen LogP contribution in [0.3, 0.4) is 0 Å². The third-order valence-electron chi connectivity index (χ3n) is 3.96. The maximum Gasteiger partial charge on any atom is 0.315 e. The number of amides is 2. The Morgan fingerprint density at radius 3 is 2.40 bits per heavy atom. The predicted molar refractivity (Wildman–Crippen MR) is 82.9 cm³/mol. The highest BCUT2D eigenvalue weighted by Crippen LogP contribution is 2.44. The lowest BCUT2D eigenvalue weighted by molar-refractivity contribution is 0.234. The van der Waals surface area contributed by atoms with Crippen molar-refractivity contribution in [3.05, 3.63) is 30.3 Å². The summed E-state index contributed by atoms with van der Waals surface area (Å²) in [5, 5.41) is 6.16. The Labute approximate surface area is 124 Å². The number of rotatable bonds is 7. The quantitative estimate of drug-likeness (QED) is 0.598. The standard InChI is InChI=1S/C16H22N2OS/c19-16(18-15(12-6-7-12)13-8-9-13)17-10-11-20-14-4-2-1-3-5-14/h1-5,12-13,15H,6-11H2,(H2,17,18,19). The number of thioether (sulfide) groups is 1. The van der Waals surface area contributed by atoms with Gasteiger partial charge in [-0.25, -0.2) is 4.79 Å². The summed E-state index contributed by atoms with van der Waals surface area (Å²) in [5.74, 6) is 2.42. The van der Waals surface area contributed by atoms with E-state index in [0.29, 0.717) is 12.6 Å². The second-order valence-electron chi connectivity index (χ2n) is 5.76. The average Bonchev–Trinajstić information content (AvgIpc) is 3.35. The highest BCUT2D eigenvalue weighted by atomic mass is 32.2. The second-order valence-corrected chi connectivity index (χ2v) is 6.93. The molecule has 1 aromatic rings. The van der Waals surface area contributed by atoms with Gasteiger partial charge >= 0.3 is 6.03 Å². The van der Waals surface area contributed by atoms with E-state index in [4.69, 9.17) is 0 Å². The first-order chi connectivity index (χ1) is 9.83. The van der Waals surface area contributed by atoms with E-state index in [-0.39, 0.29) is 6.03 Å².